The quantitative estimate of drug-likeness (QED) is 0.323. The van der Waals surface area contributed by atoms with Crippen molar-refractivity contribution in [2.45, 2.75) is 83.3 Å². The van der Waals surface area contributed by atoms with E-state index in [9.17, 15) is 13.8 Å². The zero-order valence-corrected chi connectivity index (χ0v) is 30.6. The number of hydrogen-bond donors (Lipinski definition) is 2. The monoisotopic (exact) mass is 740 g/mol. The molecular weight excluding hydrogens is 688 g/mol. The van der Waals surface area contributed by atoms with Gasteiger partial charge in [0.05, 0.1) is 24.2 Å². The lowest BCUT2D eigenvalue weighted by molar-refractivity contribution is 0.0131. The van der Waals surface area contributed by atoms with Gasteiger partial charge in [0.1, 0.15) is 15.7 Å². The fraction of sp³-hybridized carbons (Fsp3) is 0.590. The average molecular weight is 741 g/mol. The molecule has 6 atom stereocenters. The number of fused-ring (bicyclic) bond motifs is 4. The molecule has 5 aliphatic rings. The summed E-state index contributed by atoms with van der Waals surface area (Å²) < 4.78 is 39.4. The van der Waals surface area contributed by atoms with E-state index in [1.54, 1.807) is 13.2 Å². The number of carbonyl (C=O) groups excluding carboxylic acids is 2. The van der Waals surface area contributed by atoms with E-state index in [4.69, 9.17) is 25.8 Å². The highest BCUT2D eigenvalue weighted by atomic mass is 35.5. The number of urea groups is 1. The Hall–Kier alpha value is -3.12. The number of benzene rings is 2. The molecule has 3 aliphatic heterocycles. The summed E-state index contributed by atoms with van der Waals surface area (Å²) >= 11 is 6.45. The highest BCUT2D eigenvalue weighted by molar-refractivity contribution is 7.92. The van der Waals surface area contributed by atoms with E-state index < -0.39 is 21.9 Å². The molecule has 1 unspecified atom stereocenters. The van der Waals surface area contributed by atoms with Crippen molar-refractivity contribution in [1.29, 1.82) is 0 Å². The van der Waals surface area contributed by atoms with Crippen molar-refractivity contribution >= 4 is 39.1 Å². The number of aryl methyl sites for hydroxylation is 1. The number of halogens is 1. The van der Waals surface area contributed by atoms with Gasteiger partial charge in [0.25, 0.3) is 5.91 Å². The summed E-state index contributed by atoms with van der Waals surface area (Å²) in [7, 11) is -1.71. The number of allylic oxidation sites excluding steroid dienone is 1. The molecule has 0 radical (unpaired) electrons. The van der Waals surface area contributed by atoms with Gasteiger partial charge in [-0.05, 0) is 111 Å². The predicted octanol–water partition coefficient (Wildman–Crippen LogP) is 7.09. The van der Waals surface area contributed by atoms with Crippen LogP contribution in [0.2, 0.25) is 5.02 Å². The van der Waals surface area contributed by atoms with E-state index in [1.807, 2.05) is 25.1 Å². The molecule has 2 aromatic carbocycles. The van der Waals surface area contributed by atoms with Gasteiger partial charge in [0, 0.05) is 55.5 Å². The molecule has 2 aliphatic carbocycles. The van der Waals surface area contributed by atoms with E-state index in [0.29, 0.717) is 62.2 Å². The first-order valence-electron chi connectivity index (χ1n) is 18.1. The Kier molecular flexibility index (Phi) is 11.7. The van der Waals surface area contributed by atoms with Gasteiger partial charge >= 0.3 is 6.03 Å². The highest BCUT2D eigenvalue weighted by Crippen LogP contribution is 2.47. The molecule has 278 valence electrons. The number of anilines is 1. The third-order valence-electron chi connectivity index (χ3n) is 11.3. The summed E-state index contributed by atoms with van der Waals surface area (Å²) in [6, 6.07) is 10.9. The van der Waals surface area contributed by atoms with Crippen LogP contribution in [0.5, 0.6) is 5.75 Å². The lowest BCUT2D eigenvalue weighted by Gasteiger charge is -2.46. The Morgan fingerprint density at radius 2 is 1.96 bits per heavy atom. The summed E-state index contributed by atoms with van der Waals surface area (Å²) in [4.78, 5) is 29.5. The van der Waals surface area contributed by atoms with Crippen LogP contribution in [0, 0.1) is 17.8 Å². The summed E-state index contributed by atoms with van der Waals surface area (Å²) in [5.41, 5.74) is 3.44. The maximum Gasteiger partial charge on any atom is 0.327 e. The van der Waals surface area contributed by atoms with Crippen molar-refractivity contribution < 1.29 is 28.0 Å². The van der Waals surface area contributed by atoms with Gasteiger partial charge in [-0.1, -0.05) is 44.2 Å². The molecule has 3 heterocycles. The largest absolute Gasteiger partial charge is 0.490 e. The molecule has 1 spiro atoms. The third kappa shape index (κ3) is 8.27. The molecule has 2 fully saturated rings. The number of ether oxygens (including phenoxy) is 3. The second-order valence-corrected chi connectivity index (χ2v) is 17.4. The number of hydrogen-bond acceptors (Lipinski definition) is 7. The van der Waals surface area contributed by atoms with E-state index in [-0.39, 0.29) is 36.7 Å². The second kappa shape index (κ2) is 15.9. The average Bonchev–Trinajstić information content (AvgIpc) is 3.22. The number of nitrogens with one attached hydrogen (secondary N) is 2. The fourth-order valence-electron chi connectivity index (χ4n) is 8.57. The molecule has 1 saturated heterocycles. The van der Waals surface area contributed by atoms with Crippen LogP contribution < -0.4 is 19.7 Å². The molecule has 0 aromatic heterocycles. The van der Waals surface area contributed by atoms with Crippen LogP contribution in [-0.2, 0) is 31.2 Å². The van der Waals surface area contributed by atoms with E-state index >= 15 is 0 Å². The van der Waals surface area contributed by atoms with Crippen LogP contribution in [0.1, 0.15) is 80.8 Å². The molecule has 1 saturated carbocycles. The van der Waals surface area contributed by atoms with Gasteiger partial charge < -0.3 is 24.4 Å². The number of amides is 3. The lowest BCUT2D eigenvalue weighted by Crippen LogP contribution is -2.49. The number of rotatable bonds is 3. The number of nitrogens with zero attached hydrogens (tertiary/aromatic N) is 2. The van der Waals surface area contributed by atoms with Gasteiger partial charge in [0.15, 0.2) is 0 Å². The first-order valence-corrected chi connectivity index (χ1v) is 20.2. The first kappa shape index (κ1) is 37.6. The number of methoxy groups -OCH3 is 1. The Labute approximate surface area is 308 Å². The van der Waals surface area contributed by atoms with Crippen molar-refractivity contribution in [2.24, 2.45) is 22.1 Å². The molecular formula is C39H53ClN4O6S. The Balaban J connectivity index is 0.00000448. The smallest absolute Gasteiger partial charge is 0.327 e. The lowest BCUT2D eigenvalue weighted by atomic mass is 9.68. The molecule has 3 amide bonds. The van der Waals surface area contributed by atoms with Gasteiger partial charge in [0.2, 0.25) is 0 Å². The summed E-state index contributed by atoms with van der Waals surface area (Å²) in [5.74, 6) is 0.730. The maximum absolute atomic E-state index is 14.4. The van der Waals surface area contributed by atoms with Crippen molar-refractivity contribution in [3.63, 3.8) is 0 Å². The molecule has 2 aromatic rings. The van der Waals surface area contributed by atoms with Gasteiger partial charge in [-0.25, -0.2) is 9.00 Å². The minimum absolute atomic E-state index is 0. The van der Waals surface area contributed by atoms with E-state index in [2.05, 4.69) is 43.6 Å². The highest BCUT2D eigenvalue weighted by Gasteiger charge is 2.44. The van der Waals surface area contributed by atoms with Crippen LogP contribution in [0.3, 0.4) is 0 Å². The third-order valence-corrected chi connectivity index (χ3v) is 13.5. The van der Waals surface area contributed by atoms with Crippen LogP contribution in [0.15, 0.2) is 52.9 Å². The molecule has 7 rings (SSSR count). The second-order valence-electron chi connectivity index (χ2n) is 14.9. The Morgan fingerprint density at radius 1 is 1.14 bits per heavy atom. The first-order chi connectivity index (χ1) is 24.1. The van der Waals surface area contributed by atoms with E-state index in [0.717, 1.165) is 55.9 Å². The predicted molar refractivity (Wildman–Crippen MR) is 202 cm³/mol. The van der Waals surface area contributed by atoms with Crippen molar-refractivity contribution in [2.75, 3.05) is 50.7 Å². The molecule has 2 N–H and O–H groups in total. The van der Waals surface area contributed by atoms with Crippen LogP contribution >= 0.6 is 11.6 Å². The van der Waals surface area contributed by atoms with Crippen molar-refractivity contribution in [3.05, 3.63) is 70.3 Å². The topological polar surface area (TPSA) is 119 Å². The molecule has 51 heavy (non-hydrogen) atoms. The van der Waals surface area contributed by atoms with Crippen molar-refractivity contribution in [1.82, 2.24) is 10.0 Å². The maximum atomic E-state index is 14.4. The Bertz CT molecular complexity index is 1750. The summed E-state index contributed by atoms with van der Waals surface area (Å²) in [6.07, 6.45) is 11.3. The minimum Gasteiger partial charge on any atom is -0.490 e. The van der Waals surface area contributed by atoms with Crippen LogP contribution in [-0.4, -0.2) is 74.1 Å². The summed E-state index contributed by atoms with van der Waals surface area (Å²) in [5, 5.41) is 3.65. The normalized spacial score (nSPS) is 31.7. The standard InChI is InChI=1S/C38H49ClN4O6S.CH4/c1-25-5-3-7-34(47-2)31-11-8-28(31)21-43-23-38(16-4-6-26-19-29(39)10-12-32(26)38)24-49-35-13-9-27(20-33(35)43)36(44)41-50(46,22-25)42-37(45)40-30-14-17-48-18-15-30;/h3,7,9-10,12-13,19-20,25,28,30-31,34H,4-6,8,11,14-18,21-24H2,1-2H3,(H2,40,41,42,44,45,46);1H4/b7-3+;/t25-,28-,31+,34-,38-,50?;/m0./s1. The van der Waals surface area contributed by atoms with Gasteiger partial charge in [-0.3, -0.25) is 9.52 Å². The SMILES string of the molecule is C.CO[C@H]1/C=C/C[C@H](C)CS(=O)(NC(=O)NC2CCOCC2)=NC(=O)c2ccc3c(c2)N(C[C@@H]2CC[C@H]21)C[C@@]1(CCCc2cc(Cl)ccc21)CO3. The zero-order chi connectivity index (χ0) is 34.9. The summed E-state index contributed by atoms with van der Waals surface area (Å²) in [6.45, 7) is 5.09. The Morgan fingerprint density at radius 3 is 2.73 bits per heavy atom. The molecule has 2 bridgehead atoms. The molecule has 10 nitrogen and oxygen atoms in total. The van der Waals surface area contributed by atoms with Gasteiger partial charge in [-0.15, -0.1) is 4.36 Å². The van der Waals surface area contributed by atoms with Crippen LogP contribution in [0.25, 0.3) is 0 Å². The van der Waals surface area contributed by atoms with Gasteiger partial charge in [-0.2, -0.15) is 0 Å². The van der Waals surface area contributed by atoms with Crippen molar-refractivity contribution in [3.8, 4) is 5.75 Å². The fourth-order valence-corrected chi connectivity index (χ4v) is 10.6. The number of carbonyl (C=O) groups is 2. The minimum atomic E-state index is -3.48. The van der Waals surface area contributed by atoms with E-state index in [1.165, 1.54) is 11.1 Å². The zero-order valence-electron chi connectivity index (χ0n) is 29.0. The van der Waals surface area contributed by atoms with Crippen LogP contribution in [0.4, 0.5) is 10.5 Å². The molecule has 12 heteroatoms.